The van der Waals surface area contributed by atoms with Gasteiger partial charge in [-0.2, -0.15) is 0 Å². The molecule has 1 saturated heterocycles. The molecule has 132 valence electrons. The predicted molar refractivity (Wildman–Crippen MR) is 104 cm³/mol. The number of rotatable bonds is 8. The Kier molecular flexibility index (Phi) is 7.13. The van der Waals surface area contributed by atoms with Gasteiger partial charge >= 0.3 is 0 Å². The second-order valence-corrected chi connectivity index (χ2v) is 13.1. The fourth-order valence-corrected chi connectivity index (χ4v) is 3.34. The van der Waals surface area contributed by atoms with Crippen LogP contribution in [-0.2, 0) is 4.74 Å². The Hall–Kier alpha value is -1.05. The van der Waals surface area contributed by atoms with Gasteiger partial charge in [-0.05, 0) is 24.7 Å². The summed E-state index contributed by atoms with van der Waals surface area (Å²) < 4.78 is 11.2. The van der Waals surface area contributed by atoms with Gasteiger partial charge in [-0.1, -0.05) is 26.6 Å². The number of likely N-dealkylation sites (N-methyl/N-ethyl adjacent to an activating group) is 1. The van der Waals surface area contributed by atoms with E-state index in [0.29, 0.717) is 11.3 Å². The van der Waals surface area contributed by atoms with Crippen LogP contribution in [0.15, 0.2) is 12.1 Å². The molecule has 24 heavy (non-hydrogen) atoms. The van der Waals surface area contributed by atoms with Gasteiger partial charge in [-0.15, -0.1) is 0 Å². The zero-order chi connectivity index (χ0) is 17.6. The van der Waals surface area contributed by atoms with Gasteiger partial charge in [0, 0.05) is 46.5 Å². The maximum atomic E-state index is 6.04. The number of hydrogen-bond donors (Lipinski definition) is 0. The van der Waals surface area contributed by atoms with Crippen LogP contribution in [0.3, 0.4) is 0 Å². The average molecular weight is 347 g/mol. The molecule has 0 saturated carbocycles. The third-order valence-electron chi connectivity index (χ3n) is 4.31. The van der Waals surface area contributed by atoms with E-state index in [9.17, 15) is 0 Å². The summed E-state index contributed by atoms with van der Waals surface area (Å²) in [5, 5.41) is 0. The Morgan fingerprint density at radius 3 is 2.46 bits per heavy atom. The standard InChI is InChI=1S/C17H30BN3O2Si/c1-5-20-8-10-21(11-9-20)16-7-6-15(17(18)19-16)23-14-22-12-13-24(2,3)4/h6-7H,5,8-14H2,1-4H3. The molecule has 2 heterocycles. The summed E-state index contributed by atoms with van der Waals surface area (Å²) in [5.41, 5.74) is 0.430. The normalized spacial score (nSPS) is 16.4. The predicted octanol–water partition coefficient (Wildman–Crippen LogP) is 1.71. The van der Waals surface area contributed by atoms with Gasteiger partial charge in [-0.25, -0.2) is 4.98 Å². The van der Waals surface area contributed by atoms with Crippen LogP contribution in [0.1, 0.15) is 6.92 Å². The number of ether oxygens (including phenoxy) is 2. The minimum absolute atomic E-state index is 0.227. The van der Waals surface area contributed by atoms with E-state index in [1.165, 1.54) is 0 Å². The fraction of sp³-hybridized carbons (Fsp3) is 0.706. The molecule has 0 atom stereocenters. The molecule has 2 rings (SSSR count). The molecular formula is C17H30BN3O2Si. The van der Waals surface area contributed by atoms with E-state index in [2.05, 4.69) is 41.3 Å². The number of piperazine rings is 1. The highest BCUT2D eigenvalue weighted by molar-refractivity contribution is 6.76. The van der Waals surface area contributed by atoms with Crippen molar-refractivity contribution in [1.82, 2.24) is 9.88 Å². The summed E-state index contributed by atoms with van der Waals surface area (Å²) in [6.07, 6.45) is 0. The second-order valence-electron chi connectivity index (χ2n) is 7.46. The van der Waals surface area contributed by atoms with Crippen LogP contribution in [0.4, 0.5) is 5.82 Å². The number of nitrogens with zero attached hydrogens (tertiary/aromatic N) is 3. The fourth-order valence-electron chi connectivity index (χ4n) is 2.59. The molecule has 0 aromatic carbocycles. The third kappa shape index (κ3) is 6.11. The van der Waals surface area contributed by atoms with Crippen molar-refractivity contribution in [1.29, 1.82) is 0 Å². The van der Waals surface area contributed by atoms with Crippen molar-refractivity contribution in [3.63, 3.8) is 0 Å². The number of hydrogen-bond acceptors (Lipinski definition) is 5. The number of aromatic nitrogens is 1. The Morgan fingerprint density at radius 2 is 1.88 bits per heavy atom. The average Bonchev–Trinajstić information content (AvgIpc) is 2.55. The van der Waals surface area contributed by atoms with Crippen LogP contribution in [0, 0.1) is 0 Å². The van der Waals surface area contributed by atoms with Gasteiger partial charge < -0.3 is 19.3 Å². The van der Waals surface area contributed by atoms with Crippen molar-refractivity contribution >= 4 is 27.3 Å². The molecule has 0 N–H and O–H groups in total. The number of anilines is 1. The topological polar surface area (TPSA) is 37.8 Å². The Bertz CT molecular complexity index is 517. The van der Waals surface area contributed by atoms with Gasteiger partial charge in [-0.3, -0.25) is 0 Å². The summed E-state index contributed by atoms with van der Waals surface area (Å²) in [6.45, 7) is 15.4. The van der Waals surface area contributed by atoms with Crippen molar-refractivity contribution in [2.75, 3.05) is 51.0 Å². The molecule has 5 nitrogen and oxygen atoms in total. The zero-order valence-electron chi connectivity index (χ0n) is 15.5. The van der Waals surface area contributed by atoms with Gasteiger partial charge in [0.05, 0.1) is 0 Å². The first-order valence-corrected chi connectivity index (χ1v) is 12.5. The minimum atomic E-state index is -1.06. The van der Waals surface area contributed by atoms with Crippen LogP contribution in [0.25, 0.3) is 0 Å². The highest BCUT2D eigenvalue weighted by Gasteiger charge is 2.17. The lowest BCUT2D eigenvalue weighted by Gasteiger charge is -2.35. The Balaban J connectivity index is 1.80. The molecular weight excluding hydrogens is 317 g/mol. The number of pyridine rings is 1. The molecule has 0 bridgehead atoms. The second kappa shape index (κ2) is 8.87. The molecule has 1 aromatic rings. The largest absolute Gasteiger partial charge is 0.467 e. The maximum Gasteiger partial charge on any atom is 0.189 e. The van der Waals surface area contributed by atoms with Crippen LogP contribution >= 0.6 is 0 Å². The van der Waals surface area contributed by atoms with Crippen LogP contribution in [0.5, 0.6) is 5.75 Å². The summed E-state index contributed by atoms with van der Waals surface area (Å²) >= 11 is 0. The van der Waals surface area contributed by atoms with Gasteiger partial charge in [0.2, 0.25) is 0 Å². The van der Waals surface area contributed by atoms with Crippen molar-refractivity contribution in [2.45, 2.75) is 32.6 Å². The third-order valence-corrected chi connectivity index (χ3v) is 6.01. The quantitative estimate of drug-likeness (QED) is 0.407. The van der Waals surface area contributed by atoms with E-state index in [4.69, 9.17) is 17.3 Å². The Morgan fingerprint density at radius 1 is 1.17 bits per heavy atom. The first-order chi connectivity index (χ1) is 11.4. The van der Waals surface area contributed by atoms with E-state index >= 15 is 0 Å². The van der Waals surface area contributed by atoms with Crippen LogP contribution in [0.2, 0.25) is 25.7 Å². The van der Waals surface area contributed by atoms with Crippen molar-refractivity contribution in [3.8, 4) is 5.75 Å². The summed E-state index contributed by atoms with van der Waals surface area (Å²) in [5.74, 6) is 1.52. The van der Waals surface area contributed by atoms with Crippen molar-refractivity contribution in [2.24, 2.45) is 0 Å². The summed E-state index contributed by atoms with van der Waals surface area (Å²) in [4.78, 5) is 9.21. The summed E-state index contributed by atoms with van der Waals surface area (Å²) in [6, 6.07) is 5.01. The van der Waals surface area contributed by atoms with Gasteiger partial charge in [0.25, 0.3) is 0 Å². The van der Waals surface area contributed by atoms with Crippen molar-refractivity contribution < 1.29 is 9.47 Å². The molecule has 0 aliphatic carbocycles. The molecule has 1 fully saturated rings. The van der Waals surface area contributed by atoms with Crippen LogP contribution in [-0.4, -0.2) is 71.9 Å². The first kappa shape index (κ1) is 19.3. The minimum Gasteiger partial charge on any atom is -0.467 e. The lowest BCUT2D eigenvalue weighted by molar-refractivity contribution is 0.0225. The lowest BCUT2D eigenvalue weighted by Crippen LogP contribution is -2.46. The van der Waals surface area contributed by atoms with Crippen molar-refractivity contribution in [3.05, 3.63) is 12.1 Å². The monoisotopic (exact) mass is 347 g/mol. The molecule has 1 aromatic heterocycles. The van der Waals surface area contributed by atoms with Crippen LogP contribution < -0.4 is 15.2 Å². The summed E-state index contributed by atoms with van der Waals surface area (Å²) in [7, 11) is 4.99. The molecule has 1 aliphatic heterocycles. The molecule has 0 spiro atoms. The molecule has 0 amide bonds. The smallest absolute Gasteiger partial charge is 0.189 e. The van der Waals surface area contributed by atoms with E-state index in [1.54, 1.807) is 0 Å². The first-order valence-electron chi connectivity index (χ1n) is 8.83. The highest BCUT2D eigenvalue weighted by atomic mass is 28.3. The lowest BCUT2D eigenvalue weighted by atomic mass is 10.0. The Labute approximate surface area is 148 Å². The SMILES string of the molecule is [B]c1nc(N2CCN(CC)CC2)ccc1OCOCC[Si](C)(C)C. The maximum absolute atomic E-state index is 6.04. The molecule has 7 heteroatoms. The van der Waals surface area contributed by atoms with E-state index in [1.807, 2.05) is 12.1 Å². The molecule has 0 unspecified atom stereocenters. The van der Waals surface area contributed by atoms with Gasteiger partial charge in [0.1, 0.15) is 19.4 Å². The van der Waals surface area contributed by atoms with E-state index in [0.717, 1.165) is 51.2 Å². The van der Waals surface area contributed by atoms with E-state index in [-0.39, 0.29) is 6.79 Å². The van der Waals surface area contributed by atoms with Gasteiger partial charge in [0.15, 0.2) is 6.79 Å². The highest BCUT2D eigenvalue weighted by Crippen LogP contribution is 2.16. The van der Waals surface area contributed by atoms with E-state index < -0.39 is 8.07 Å². The zero-order valence-corrected chi connectivity index (χ0v) is 16.5. The molecule has 1 aliphatic rings. The molecule has 2 radical (unpaired) electrons.